The van der Waals surface area contributed by atoms with E-state index in [2.05, 4.69) is 47.1 Å². The highest BCUT2D eigenvalue weighted by Crippen LogP contribution is 2.34. The zero-order valence-corrected chi connectivity index (χ0v) is 14.4. The number of nitriles is 1. The standard InChI is InChI=1S/C20H29N3/c1-20(9-12-21)10-15-22(16-11-20)17-18-5-7-19(8-6-18)23-13-3-2-4-14-23/h5-8H,2-4,9-11,13-17H2,1H3. The molecule has 3 heteroatoms. The first-order chi connectivity index (χ1) is 11.2. The van der Waals surface area contributed by atoms with Crippen LogP contribution in [0.1, 0.15) is 51.0 Å². The molecule has 2 aliphatic rings. The maximum Gasteiger partial charge on any atom is 0.0627 e. The van der Waals surface area contributed by atoms with Crippen LogP contribution in [0, 0.1) is 16.7 Å². The SMILES string of the molecule is CC1(CC#N)CCN(Cc2ccc(N3CCCCC3)cc2)CC1. The fourth-order valence-corrected chi connectivity index (χ4v) is 3.84. The highest BCUT2D eigenvalue weighted by molar-refractivity contribution is 5.47. The Labute approximate surface area is 140 Å². The summed E-state index contributed by atoms with van der Waals surface area (Å²) in [6, 6.07) is 11.5. The molecule has 2 fully saturated rings. The van der Waals surface area contributed by atoms with E-state index < -0.39 is 0 Å². The van der Waals surface area contributed by atoms with Crippen LogP contribution in [0.2, 0.25) is 0 Å². The highest BCUT2D eigenvalue weighted by atomic mass is 15.1. The van der Waals surface area contributed by atoms with Gasteiger partial charge in [-0.3, -0.25) is 4.90 Å². The summed E-state index contributed by atoms with van der Waals surface area (Å²) in [7, 11) is 0. The molecule has 0 amide bonds. The molecule has 23 heavy (non-hydrogen) atoms. The lowest BCUT2D eigenvalue weighted by atomic mass is 9.78. The lowest BCUT2D eigenvalue weighted by Gasteiger charge is -2.38. The van der Waals surface area contributed by atoms with E-state index in [1.54, 1.807) is 0 Å². The van der Waals surface area contributed by atoms with Crippen LogP contribution in [0.25, 0.3) is 0 Å². The van der Waals surface area contributed by atoms with Crippen molar-refractivity contribution in [2.45, 2.75) is 52.0 Å². The van der Waals surface area contributed by atoms with Gasteiger partial charge in [0, 0.05) is 31.7 Å². The van der Waals surface area contributed by atoms with E-state index in [1.165, 1.54) is 43.6 Å². The number of nitrogens with zero attached hydrogens (tertiary/aromatic N) is 3. The number of likely N-dealkylation sites (tertiary alicyclic amines) is 1. The number of hydrogen-bond acceptors (Lipinski definition) is 3. The Kier molecular flexibility index (Phi) is 5.23. The van der Waals surface area contributed by atoms with Crippen LogP contribution < -0.4 is 4.90 Å². The van der Waals surface area contributed by atoms with Crippen molar-refractivity contribution in [1.82, 2.24) is 4.90 Å². The van der Waals surface area contributed by atoms with Gasteiger partial charge >= 0.3 is 0 Å². The first-order valence-corrected chi connectivity index (χ1v) is 9.12. The van der Waals surface area contributed by atoms with Gasteiger partial charge in [-0.25, -0.2) is 0 Å². The average Bonchev–Trinajstić information content (AvgIpc) is 2.59. The topological polar surface area (TPSA) is 30.3 Å². The minimum atomic E-state index is 0.239. The smallest absolute Gasteiger partial charge is 0.0627 e. The second-order valence-corrected chi connectivity index (χ2v) is 7.64. The van der Waals surface area contributed by atoms with Crippen molar-refractivity contribution in [3.63, 3.8) is 0 Å². The minimum absolute atomic E-state index is 0.239. The van der Waals surface area contributed by atoms with Gasteiger partial charge in [0.2, 0.25) is 0 Å². The van der Waals surface area contributed by atoms with Crippen LogP contribution in [0.4, 0.5) is 5.69 Å². The second-order valence-electron chi connectivity index (χ2n) is 7.64. The van der Waals surface area contributed by atoms with Crippen LogP contribution in [0.15, 0.2) is 24.3 Å². The van der Waals surface area contributed by atoms with E-state index in [0.29, 0.717) is 6.42 Å². The van der Waals surface area contributed by atoms with Gasteiger partial charge < -0.3 is 4.90 Å². The third-order valence-corrected chi connectivity index (χ3v) is 5.63. The number of rotatable bonds is 4. The van der Waals surface area contributed by atoms with Crippen molar-refractivity contribution < 1.29 is 0 Å². The fraction of sp³-hybridized carbons (Fsp3) is 0.650. The molecule has 0 atom stereocenters. The molecule has 0 saturated carbocycles. The maximum absolute atomic E-state index is 8.95. The van der Waals surface area contributed by atoms with E-state index in [-0.39, 0.29) is 5.41 Å². The monoisotopic (exact) mass is 311 g/mol. The molecule has 1 aromatic carbocycles. The molecule has 0 radical (unpaired) electrons. The molecule has 0 aromatic heterocycles. The van der Waals surface area contributed by atoms with E-state index in [4.69, 9.17) is 5.26 Å². The number of benzene rings is 1. The summed E-state index contributed by atoms with van der Waals surface area (Å²) in [6.07, 6.45) is 7.03. The van der Waals surface area contributed by atoms with E-state index in [1.807, 2.05) is 0 Å². The Balaban J connectivity index is 1.52. The summed E-state index contributed by atoms with van der Waals surface area (Å²) in [5.41, 5.74) is 3.03. The molecule has 1 aromatic rings. The molecule has 0 aliphatic carbocycles. The van der Waals surface area contributed by atoms with Crippen LogP contribution in [-0.2, 0) is 6.54 Å². The predicted molar refractivity (Wildman–Crippen MR) is 95.4 cm³/mol. The molecule has 124 valence electrons. The first kappa shape index (κ1) is 16.3. The van der Waals surface area contributed by atoms with Crippen molar-refractivity contribution >= 4 is 5.69 Å². The number of hydrogen-bond donors (Lipinski definition) is 0. The maximum atomic E-state index is 8.95. The van der Waals surface area contributed by atoms with Crippen LogP contribution in [0.3, 0.4) is 0 Å². The number of piperidine rings is 2. The third kappa shape index (κ3) is 4.26. The molecule has 2 saturated heterocycles. The van der Waals surface area contributed by atoms with Gasteiger partial charge in [0.25, 0.3) is 0 Å². The van der Waals surface area contributed by atoms with Crippen molar-refractivity contribution in [3.8, 4) is 6.07 Å². The number of anilines is 1. The molecule has 0 unspecified atom stereocenters. The molecule has 0 N–H and O–H groups in total. The molecule has 0 spiro atoms. The van der Waals surface area contributed by atoms with Crippen molar-refractivity contribution in [1.29, 1.82) is 5.26 Å². The van der Waals surface area contributed by atoms with Crippen LogP contribution in [-0.4, -0.2) is 31.1 Å². The van der Waals surface area contributed by atoms with Gasteiger partial charge in [-0.05, 0) is 68.3 Å². The molecule has 3 nitrogen and oxygen atoms in total. The Hall–Kier alpha value is -1.53. The molecule has 3 rings (SSSR count). The van der Waals surface area contributed by atoms with Crippen LogP contribution >= 0.6 is 0 Å². The van der Waals surface area contributed by atoms with Gasteiger partial charge in [0.15, 0.2) is 0 Å². The second kappa shape index (κ2) is 7.36. The molecule has 2 aliphatic heterocycles. The summed E-state index contributed by atoms with van der Waals surface area (Å²) >= 11 is 0. The van der Waals surface area contributed by atoms with E-state index >= 15 is 0 Å². The van der Waals surface area contributed by atoms with Crippen molar-refractivity contribution in [2.75, 3.05) is 31.1 Å². The lowest BCUT2D eigenvalue weighted by Crippen LogP contribution is -2.38. The Morgan fingerprint density at radius 1 is 1.00 bits per heavy atom. The summed E-state index contributed by atoms with van der Waals surface area (Å²) < 4.78 is 0. The Morgan fingerprint density at radius 3 is 2.26 bits per heavy atom. The molecule has 0 bridgehead atoms. The quantitative estimate of drug-likeness (QED) is 0.835. The largest absolute Gasteiger partial charge is 0.372 e. The summed E-state index contributed by atoms with van der Waals surface area (Å²) in [5, 5.41) is 8.95. The molecule has 2 heterocycles. The van der Waals surface area contributed by atoms with Gasteiger partial charge in [-0.15, -0.1) is 0 Å². The lowest BCUT2D eigenvalue weighted by molar-refractivity contribution is 0.116. The van der Waals surface area contributed by atoms with Gasteiger partial charge in [-0.2, -0.15) is 5.26 Å². The summed E-state index contributed by atoms with van der Waals surface area (Å²) in [5.74, 6) is 0. The van der Waals surface area contributed by atoms with Gasteiger partial charge in [-0.1, -0.05) is 19.1 Å². The Morgan fingerprint density at radius 2 is 1.65 bits per heavy atom. The van der Waals surface area contributed by atoms with Crippen LogP contribution in [0.5, 0.6) is 0 Å². The van der Waals surface area contributed by atoms with Gasteiger partial charge in [0.05, 0.1) is 6.07 Å². The summed E-state index contributed by atoms with van der Waals surface area (Å²) in [6.45, 7) is 7.97. The fourth-order valence-electron chi connectivity index (χ4n) is 3.84. The first-order valence-electron chi connectivity index (χ1n) is 9.12. The molecular weight excluding hydrogens is 282 g/mol. The predicted octanol–water partition coefficient (Wildman–Crippen LogP) is 4.19. The third-order valence-electron chi connectivity index (χ3n) is 5.63. The van der Waals surface area contributed by atoms with Crippen molar-refractivity contribution in [2.24, 2.45) is 5.41 Å². The normalized spacial score (nSPS) is 21.8. The molecular formula is C20H29N3. The van der Waals surface area contributed by atoms with E-state index in [0.717, 1.165) is 32.5 Å². The van der Waals surface area contributed by atoms with Gasteiger partial charge in [0.1, 0.15) is 0 Å². The Bertz CT molecular complexity index is 529. The zero-order chi connectivity index (χ0) is 16.1. The average molecular weight is 311 g/mol. The summed E-state index contributed by atoms with van der Waals surface area (Å²) in [4.78, 5) is 5.05. The highest BCUT2D eigenvalue weighted by Gasteiger charge is 2.29. The van der Waals surface area contributed by atoms with Crippen molar-refractivity contribution in [3.05, 3.63) is 29.8 Å². The van der Waals surface area contributed by atoms with E-state index in [9.17, 15) is 0 Å². The zero-order valence-electron chi connectivity index (χ0n) is 14.4. The minimum Gasteiger partial charge on any atom is -0.372 e.